The monoisotopic (exact) mass is 566 g/mol. The molecule has 0 unspecified atom stereocenters. The van der Waals surface area contributed by atoms with Gasteiger partial charge < -0.3 is 9.30 Å². The summed E-state index contributed by atoms with van der Waals surface area (Å²) in [5.41, 5.74) is 4.21. The van der Waals surface area contributed by atoms with Gasteiger partial charge in [-0.25, -0.2) is 0 Å². The molecule has 3 aromatic carbocycles. The Morgan fingerprint density at radius 1 is 1.09 bits per heavy atom. The molecule has 0 bridgehead atoms. The van der Waals surface area contributed by atoms with Crippen molar-refractivity contribution in [3.05, 3.63) is 98.1 Å². The highest BCUT2D eigenvalue weighted by molar-refractivity contribution is 9.10. The molecule has 0 saturated heterocycles. The van der Waals surface area contributed by atoms with Gasteiger partial charge >= 0.3 is 0 Å². The SMILES string of the molecule is CC(=O)c1c(C)n(-c2ccc(Cl)cc2)c2cc(Br)c(OCc3n[nH]c(=S)n3-c3ccccc3)cc12. The number of ether oxygens (including phenoxy) is 1. The number of Topliss-reactive ketones (excluding diaryl/α,β-unsaturated/α-hetero) is 1. The summed E-state index contributed by atoms with van der Waals surface area (Å²) in [6, 6.07) is 21.1. The number of halogens is 2. The van der Waals surface area contributed by atoms with Crippen LogP contribution in [0.25, 0.3) is 22.3 Å². The van der Waals surface area contributed by atoms with Gasteiger partial charge in [-0.15, -0.1) is 0 Å². The molecule has 0 radical (unpaired) electrons. The lowest BCUT2D eigenvalue weighted by Crippen LogP contribution is -2.06. The minimum Gasteiger partial charge on any atom is -0.484 e. The van der Waals surface area contributed by atoms with Crippen LogP contribution >= 0.6 is 39.7 Å². The van der Waals surface area contributed by atoms with Crippen molar-refractivity contribution in [2.75, 3.05) is 0 Å². The van der Waals surface area contributed by atoms with Gasteiger partial charge in [0.1, 0.15) is 12.4 Å². The molecule has 0 saturated carbocycles. The van der Waals surface area contributed by atoms with E-state index in [1.54, 1.807) is 6.92 Å². The van der Waals surface area contributed by atoms with E-state index in [0.29, 0.717) is 26.9 Å². The lowest BCUT2D eigenvalue weighted by Gasteiger charge is -2.12. The minimum absolute atomic E-state index is 0.0153. The van der Waals surface area contributed by atoms with Gasteiger partial charge in [0.2, 0.25) is 0 Å². The highest BCUT2D eigenvalue weighted by Crippen LogP contribution is 2.37. The molecule has 5 rings (SSSR count). The van der Waals surface area contributed by atoms with Crippen LogP contribution in [0.3, 0.4) is 0 Å². The number of para-hydroxylation sites is 1. The molecule has 2 heterocycles. The highest BCUT2D eigenvalue weighted by atomic mass is 79.9. The summed E-state index contributed by atoms with van der Waals surface area (Å²) in [5.74, 6) is 1.22. The number of fused-ring (bicyclic) bond motifs is 1. The number of rotatable bonds is 6. The van der Waals surface area contributed by atoms with E-state index in [9.17, 15) is 4.79 Å². The molecule has 9 heteroatoms. The Hall–Kier alpha value is -3.20. The summed E-state index contributed by atoms with van der Waals surface area (Å²) in [4.78, 5) is 12.6. The summed E-state index contributed by atoms with van der Waals surface area (Å²) >= 11 is 15.2. The molecule has 0 fully saturated rings. The summed E-state index contributed by atoms with van der Waals surface area (Å²) < 4.78 is 11.3. The third-order valence-electron chi connectivity index (χ3n) is 5.81. The summed E-state index contributed by atoms with van der Waals surface area (Å²) in [7, 11) is 0. The molecule has 0 amide bonds. The molecule has 1 N–H and O–H groups in total. The minimum atomic E-state index is -0.0153. The number of nitrogens with zero attached hydrogens (tertiary/aromatic N) is 3. The van der Waals surface area contributed by atoms with Crippen molar-refractivity contribution < 1.29 is 9.53 Å². The number of hydrogen-bond acceptors (Lipinski definition) is 4. The molecule has 176 valence electrons. The van der Waals surface area contributed by atoms with E-state index < -0.39 is 0 Å². The van der Waals surface area contributed by atoms with Crippen molar-refractivity contribution in [2.45, 2.75) is 20.5 Å². The Bertz CT molecular complexity index is 1620. The molecule has 35 heavy (non-hydrogen) atoms. The standard InChI is InChI=1S/C26H20BrClN4O2S/c1-15-25(16(2)33)20-12-23(21(27)13-22(20)31(15)19-10-8-17(28)9-11-19)34-14-24-29-30-26(35)32(24)18-6-4-3-5-7-18/h3-13H,14H2,1-2H3,(H,30,35). The predicted octanol–water partition coefficient (Wildman–Crippen LogP) is 7.38. The van der Waals surface area contributed by atoms with Gasteiger partial charge in [-0.2, -0.15) is 5.10 Å². The topological polar surface area (TPSA) is 64.8 Å². The predicted molar refractivity (Wildman–Crippen MR) is 144 cm³/mol. The Morgan fingerprint density at radius 2 is 1.77 bits per heavy atom. The van der Waals surface area contributed by atoms with Gasteiger partial charge in [0.25, 0.3) is 0 Å². The second kappa shape index (κ2) is 9.45. The zero-order chi connectivity index (χ0) is 24.7. The van der Waals surface area contributed by atoms with Crippen molar-refractivity contribution in [2.24, 2.45) is 0 Å². The molecule has 0 spiro atoms. The molecule has 6 nitrogen and oxygen atoms in total. The Morgan fingerprint density at radius 3 is 2.46 bits per heavy atom. The van der Waals surface area contributed by atoms with Crippen LogP contribution < -0.4 is 4.74 Å². The number of hydrogen-bond donors (Lipinski definition) is 1. The van der Waals surface area contributed by atoms with Gasteiger partial charge in [-0.05, 0) is 90.5 Å². The fraction of sp³-hybridized carbons (Fsp3) is 0.115. The first-order chi connectivity index (χ1) is 16.8. The van der Waals surface area contributed by atoms with Gasteiger partial charge in [0.15, 0.2) is 16.4 Å². The third kappa shape index (κ3) is 4.33. The molecular weight excluding hydrogens is 548 g/mol. The third-order valence-corrected chi connectivity index (χ3v) is 6.95. The van der Waals surface area contributed by atoms with Crippen molar-refractivity contribution >= 4 is 56.4 Å². The number of aromatic nitrogens is 4. The van der Waals surface area contributed by atoms with E-state index in [0.717, 1.165) is 32.4 Å². The van der Waals surface area contributed by atoms with Crippen LogP contribution in [-0.2, 0) is 6.61 Å². The van der Waals surface area contributed by atoms with Crippen LogP contribution in [-0.4, -0.2) is 25.1 Å². The molecule has 5 aromatic rings. The van der Waals surface area contributed by atoms with E-state index in [2.05, 4.69) is 30.7 Å². The molecule has 0 aliphatic heterocycles. The number of ketones is 1. The Balaban J connectivity index is 1.57. The number of carbonyl (C=O) groups excluding carboxylic acids is 1. The van der Waals surface area contributed by atoms with E-state index in [1.807, 2.05) is 78.2 Å². The number of aromatic amines is 1. The van der Waals surface area contributed by atoms with E-state index in [1.165, 1.54) is 0 Å². The van der Waals surface area contributed by atoms with E-state index >= 15 is 0 Å². The van der Waals surface area contributed by atoms with Crippen LogP contribution in [0.4, 0.5) is 0 Å². The molecule has 0 aliphatic carbocycles. The largest absolute Gasteiger partial charge is 0.484 e. The van der Waals surface area contributed by atoms with Crippen molar-refractivity contribution in [1.29, 1.82) is 0 Å². The molecule has 0 aliphatic rings. The molecular formula is C26H20BrClN4O2S. The van der Waals surface area contributed by atoms with Crippen LogP contribution in [0.5, 0.6) is 5.75 Å². The smallest absolute Gasteiger partial charge is 0.199 e. The lowest BCUT2D eigenvalue weighted by atomic mass is 10.1. The van der Waals surface area contributed by atoms with Crippen LogP contribution in [0.2, 0.25) is 5.02 Å². The molecule has 0 atom stereocenters. The number of benzene rings is 3. The van der Waals surface area contributed by atoms with Crippen LogP contribution in [0.1, 0.15) is 28.8 Å². The average molecular weight is 568 g/mol. The van der Waals surface area contributed by atoms with Gasteiger partial charge in [0, 0.05) is 33.0 Å². The maximum absolute atomic E-state index is 12.6. The zero-order valence-electron chi connectivity index (χ0n) is 18.9. The van der Waals surface area contributed by atoms with E-state index in [4.69, 9.17) is 28.6 Å². The first kappa shape index (κ1) is 23.5. The Kier molecular flexibility index (Phi) is 6.35. The van der Waals surface area contributed by atoms with E-state index in [-0.39, 0.29) is 12.4 Å². The second-order valence-corrected chi connectivity index (χ2v) is 9.71. The molecule has 2 aromatic heterocycles. The van der Waals surface area contributed by atoms with Crippen molar-refractivity contribution in [1.82, 2.24) is 19.3 Å². The lowest BCUT2D eigenvalue weighted by molar-refractivity contribution is 0.101. The Labute approximate surface area is 220 Å². The average Bonchev–Trinajstić information content (AvgIpc) is 3.34. The maximum Gasteiger partial charge on any atom is 0.199 e. The van der Waals surface area contributed by atoms with Crippen LogP contribution in [0, 0.1) is 11.7 Å². The summed E-state index contributed by atoms with van der Waals surface area (Å²) in [6.07, 6.45) is 0. The number of nitrogens with one attached hydrogen (secondary N) is 1. The quantitative estimate of drug-likeness (QED) is 0.172. The van der Waals surface area contributed by atoms with Crippen molar-refractivity contribution in [3.8, 4) is 17.1 Å². The first-order valence-electron chi connectivity index (χ1n) is 10.8. The summed E-state index contributed by atoms with van der Waals surface area (Å²) in [5, 5.41) is 8.65. The normalized spacial score (nSPS) is 11.2. The number of carbonyl (C=O) groups is 1. The zero-order valence-corrected chi connectivity index (χ0v) is 22.0. The van der Waals surface area contributed by atoms with Crippen molar-refractivity contribution in [3.63, 3.8) is 0 Å². The fourth-order valence-corrected chi connectivity index (χ4v) is 5.13. The van der Waals surface area contributed by atoms with Gasteiger partial charge in [-0.3, -0.25) is 14.5 Å². The highest BCUT2D eigenvalue weighted by Gasteiger charge is 2.21. The number of H-pyrrole nitrogens is 1. The fourth-order valence-electron chi connectivity index (χ4n) is 4.31. The maximum atomic E-state index is 12.6. The van der Waals surface area contributed by atoms with Crippen LogP contribution in [0.15, 0.2) is 71.2 Å². The second-order valence-electron chi connectivity index (χ2n) is 8.03. The van der Waals surface area contributed by atoms with Gasteiger partial charge in [0.05, 0.1) is 9.99 Å². The first-order valence-corrected chi connectivity index (χ1v) is 12.4. The van der Waals surface area contributed by atoms with Gasteiger partial charge in [-0.1, -0.05) is 29.8 Å². The summed E-state index contributed by atoms with van der Waals surface area (Å²) in [6.45, 7) is 3.70.